The van der Waals surface area contributed by atoms with Crippen LogP contribution >= 0.6 is 0 Å². The molecule has 0 aliphatic heterocycles. The molecule has 0 amide bonds. The third-order valence-electron chi connectivity index (χ3n) is 7.95. The lowest BCUT2D eigenvalue weighted by Crippen LogP contribution is -2.68. The fourth-order valence-corrected chi connectivity index (χ4v) is 10.2. The zero-order valence-electron chi connectivity index (χ0n) is 23.3. The van der Waals surface area contributed by atoms with Gasteiger partial charge in [0.1, 0.15) is 5.75 Å². The monoisotopic (exact) mass is 526 g/mol. The van der Waals surface area contributed by atoms with Gasteiger partial charge < -0.3 is 9.53 Å². The lowest BCUT2D eigenvalue weighted by molar-refractivity contribution is 0.193. The number of hydrogen-bond acceptors (Lipinski definition) is 3. The van der Waals surface area contributed by atoms with Gasteiger partial charge in [-0.1, -0.05) is 109 Å². The lowest BCUT2D eigenvalue weighted by atomic mass is 9.78. The predicted molar refractivity (Wildman–Crippen MR) is 157 cm³/mol. The van der Waals surface area contributed by atoms with Gasteiger partial charge in [0, 0.05) is 17.4 Å². The SMILES string of the molecule is CC(C)(C)c1cc(O[Si](c2ccccc2)(c2ccccc2)C(C)(C)C)cc2c1c(C1CCC1)nn2C(=O)O. The fraction of sp³-hybridized carbons (Fsp3) is 0.375. The molecule has 38 heavy (non-hydrogen) atoms. The Labute approximate surface area is 226 Å². The molecule has 6 heteroatoms. The number of carbonyl (C=O) groups is 1. The molecule has 0 unspecified atom stereocenters. The highest BCUT2D eigenvalue weighted by Gasteiger charge is 2.52. The van der Waals surface area contributed by atoms with Crippen LogP contribution < -0.4 is 14.8 Å². The fourth-order valence-electron chi connectivity index (χ4n) is 5.84. The normalized spacial score (nSPS) is 14.9. The van der Waals surface area contributed by atoms with Gasteiger partial charge in [-0.05, 0) is 45.3 Å². The van der Waals surface area contributed by atoms with Crippen molar-refractivity contribution in [1.82, 2.24) is 9.78 Å². The molecule has 5 nitrogen and oxygen atoms in total. The van der Waals surface area contributed by atoms with E-state index >= 15 is 0 Å². The topological polar surface area (TPSA) is 64.4 Å². The molecular weight excluding hydrogens is 488 g/mol. The van der Waals surface area contributed by atoms with E-state index in [1.807, 2.05) is 18.2 Å². The second-order valence-electron chi connectivity index (χ2n) is 12.6. The average Bonchev–Trinajstić information content (AvgIpc) is 3.20. The van der Waals surface area contributed by atoms with E-state index in [1.165, 1.54) is 10.4 Å². The van der Waals surface area contributed by atoms with Gasteiger partial charge in [0.05, 0.1) is 11.2 Å². The van der Waals surface area contributed by atoms with E-state index in [4.69, 9.17) is 4.43 Å². The maximum Gasteiger partial charge on any atom is 0.432 e. The highest BCUT2D eigenvalue weighted by atomic mass is 28.4. The molecule has 1 aliphatic rings. The first kappa shape index (κ1) is 26.2. The van der Waals surface area contributed by atoms with E-state index in [1.54, 1.807) is 0 Å². The first-order valence-corrected chi connectivity index (χ1v) is 15.4. The van der Waals surface area contributed by atoms with Crippen LogP contribution in [0.1, 0.15) is 78.0 Å². The van der Waals surface area contributed by atoms with Gasteiger partial charge in [-0.25, -0.2) is 4.79 Å². The molecule has 0 bridgehead atoms. The van der Waals surface area contributed by atoms with Crippen molar-refractivity contribution in [1.29, 1.82) is 0 Å². The van der Waals surface area contributed by atoms with Gasteiger partial charge in [-0.2, -0.15) is 9.78 Å². The smallest absolute Gasteiger partial charge is 0.432 e. The van der Waals surface area contributed by atoms with Crippen molar-refractivity contribution in [2.24, 2.45) is 0 Å². The molecule has 0 spiro atoms. The summed E-state index contributed by atoms with van der Waals surface area (Å²) in [7, 11) is -2.89. The molecular formula is C32H38N2O3Si. The minimum atomic E-state index is -2.89. The second kappa shape index (κ2) is 9.42. The van der Waals surface area contributed by atoms with Crippen LogP contribution in [0.5, 0.6) is 5.75 Å². The summed E-state index contributed by atoms with van der Waals surface area (Å²) in [5, 5.41) is 17.9. The van der Waals surface area contributed by atoms with Crippen molar-refractivity contribution >= 4 is 35.7 Å². The number of rotatable bonds is 5. The van der Waals surface area contributed by atoms with Crippen molar-refractivity contribution in [2.45, 2.75) is 77.2 Å². The molecule has 3 aromatic carbocycles. The number of carboxylic acid groups (broad SMARTS) is 1. The van der Waals surface area contributed by atoms with Crippen molar-refractivity contribution in [3.05, 3.63) is 84.1 Å². The van der Waals surface area contributed by atoms with E-state index in [9.17, 15) is 9.90 Å². The van der Waals surface area contributed by atoms with Crippen LogP contribution in [0.25, 0.3) is 10.9 Å². The molecule has 198 valence electrons. The Morgan fingerprint density at radius 2 is 1.47 bits per heavy atom. The van der Waals surface area contributed by atoms with Gasteiger partial charge in [0.25, 0.3) is 0 Å². The van der Waals surface area contributed by atoms with Crippen LogP contribution in [0.4, 0.5) is 4.79 Å². The van der Waals surface area contributed by atoms with Gasteiger partial charge in [-0.15, -0.1) is 0 Å². The van der Waals surface area contributed by atoms with Crippen LogP contribution in [0, 0.1) is 0 Å². The van der Waals surface area contributed by atoms with E-state index in [2.05, 4.69) is 101 Å². The number of nitrogens with zero attached hydrogens (tertiary/aromatic N) is 2. The van der Waals surface area contributed by atoms with Crippen molar-refractivity contribution < 1.29 is 14.3 Å². The summed E-state index contributed by atoms with van der Waals surface area (Å²) in [6, 6.07) is 25.1. The summed E-state index contributed by atoms with van der Waals surface area (Å²) in [6.07, 6.45) is 2.19. The number of hydrogen-bond donors (Lipinski definition) is 1. The minimum Gasteiger partial charge on any atom is -0.534 e. The van der Waals surface area contributed by atoms with Crippen LogP contribution in [-0.4, -0.2) is 29.3 Å². The summed E-state index contributed by atoms with van der Waals surface area (Å²) in [5.74, 6) is 1.00. The van der Waals surface area contributed by atoms with Crippen molar-refractivity contribution in [2.75, 3.05) is 0 Å². The molecule has 0 saturated heterocycles. The Hall–Kier alpha value is -3.38. The molecule has 1 fully saturated rings. The zero-order chi connectivity index (χ0) is 27.3. The number of aromatic nitrogens is 2. The number of benzene rings is 3. The molecule has 1 heterocycles. The molecule has 5 rings (SSSR count). The summed E-state index contributed by atoms with van der Waals surface area (Å²) in [5.41, 5.74) is 2.38. The molecule has 1 saturated carbocycles. The van der Waals surface area contributed by atoms with Crippen LogP contribution in [0.3, 0.4) is 0 Å². The number of fused-ring (bicyclic) bond motifs is 1. The standard InChI is InChI=1S/C32H38N2O3Si/c1-31(2,3)26-20-23(21-27-28(26)29(22-14-13-15-22)33-34(27)30(35)36)37-38(32(4,5)6,24-16-9-7-10-17-24)25-18-11-8-12-19-25/h7-12,16-22H,13-15H2,1-6H3,(H,35,36). The molecule has 1 aromatic heterocycles. The summed E-state index contributed by atoms with van der Waals surface area (Å²) < 4.78 is 8.50. The molecule has 4 aromatic rings. The maximum atomic E-state index is 12.4. The Kier molecular flexibility index (Phi) is 6.50. The largest absolute Gasteiger partial charge is 0.534 e. The Bertz CT molecular complexity index is 1420. The van der Waals surface area contributed by atoms with Crippen LogP contribution in [0.2, 0.25) is 5.04 Å². The molecule has 1 aliphatic carbocycles. The summed E-state index contributed by atoms with van der Waals surface area (Å²) in [6.45, 7) is 13.3. The second-order valence-corrected chi connectivity index (χ2v) is 16.8. The molecule has 1 N–H and O–H groups in total. The van der Waals surface area contributed by atoms with Gasteiger partial charge in [-0.3, -0.25) is 0 Å². The van der Waals surface area contributed by atoms with Crippen molar-refractivity contribution in [3.8, 4) is 5.75 Å². The maximum absolute atomic E-state index is 12.4. The third kappa shape index (κ3) is 4.35. The Morgan fingerprint density at radius 1 is 0.921 bits per heavy atom. The minimum absolute atomic E-state index is 0.212. The lowest BCUT2D eigenvalue weighted by Gasteiger charge is -2.43. The van der Waals surface area contributed by atoms with Crippen LogP contribution in [0.15, 0.2) is 72.8 Å². The zero-order valence-corrected chi connectivity index (χ0v) is 24.3. The Balaban J connectivity index is 1.81. The van der Waals surface area contributed by atoms with E-state index in [-0.39, 0.29) is 10.5 Å². The highest BCUT2D eigenvalue weighted by Crippen LogP contribution is 2.45. The van der Waals surface area contributed by atoms with Crippen LogP contribution in [-0.2, 0) is 5.41 Å². The third-order valence-corrected chi connectivity index (χ3v) is 12.9. The first-order chi connectivity index (χ1) is 17.9. The van der Waals surface area contributed by atoms with E-state index in [0.29, 0.717) is 17.2 Å². The first-order valence-electron chi connectivity index (χ1n) is 13.5. The summed E-state index contributed by atoms with van der Waals surface area (Å²) >= 11 is 0. The highest BCUT2D eigenvalue weighted by molar-refractivity contribution is 7.00. The van der Waals surface area contributed by atoms with Gasteiger partial charge >= 0.3 is 14.4 Å². The summed E-state index contributed by atoms with van der Waals surface area (Å²) in [4.78, 5) is 12.4. The van der Waals surface area contributed by atoms with E-state index < -0.39 is 14.4 Å². The Morgan fingerprint density at radius 3 is 1.89 bits per heavy atom. The van der Waals surface area contributed by atoms with E-state index in [0.717, 1.165) is 40.6 Å². The quantitative estimate of drug-likeness (QED) is 0.283. The molecule has 0 atom stereocenters. The molecule has 0 radical (unpaired) electrons. The van der Waals surface area contributed by atoms with Crippen molar-refractivity contribution in [3.63, 3.8) is 0 Å². The average molecular weight is 527 g/mol. The predicted octanol–water partition coefficient (Wildman–Crippen LogP) is 7.07. The van der Waals surface area contributed by atoms with Gasteiger partial charge in [0.2, 0.25) is 0 Å². The van der Waals surface area contributed by atoms with Gasteiger partial charge in [0.15, 0.2) is 0 Å².